The fraction of sp³-hybridized carbons (Fsp3) is 0.667. The van der Waals surface area contributed by atoms with Crippen LogP contribution < -0.4 is 5.32 Å². The van der Waals surface area contributed by atoms with Crippen molar-refractivity contribution >= 4 is 27.6 Å². The molecule has 0 aromatic carbocycles. The number of ketones is 1. The highest BCUT2D eigenvalue weighted by atomic mass is 79.9. The van der Waals surface area contributed by atoms with Crippen molar-refractivity contribution in [2.24, 2.45) is 0 Å². The summed E-state index contributed by atoms with van der Waals surface area (Å²) in [5.74, 6) is -0.340. The van der Waals surface area contributed by atoms with Crippen LogP contribution in [-0.2, 0) is 9.59 Å². The lowest BCUT2D eigenvalue weighted by Gasteiger charge is -2.13. The molecule has 0 spiro atoms. The zero-order valence-corrected chi connectivity index (χ0v) is 7.36. The smallest absolute Gasteiger partial charge is 0.242 e. The van der Waals surface area contributed by atoms with Gasteiger partial charge in [0.05, 0.1) is 5.54 Å². The zero-order chi connectivity index (χ0) is 7.94. The standard InChI is InChI=1S/C6H8BrNO2/c1-6(2)4(9)3(7)5(10)8-6/h3H,1-2H3,(H,8,10). The van der Waals surface area contributed by atoms with Crippen molar-refractivity contribution in [2.75, 3.05) is 0 Å². The monoisotopic (exact) mass is 205 g/mol. The van der Waals surface area contributed by atoms with E-state index < -0.39 is 10.4 Å². The second-order valence-corrected chi connectivity index (χ2v) is 3.76. The lowest BCUT2D eigenvalue weighted by molar-refractivity contribution is -0.122. The van der Waals surface area contributed by atoms with Gasteiger partial charge in [-0.25, -0.2) is 0 Å². The van der Waals surface area contributed by atoms with E-state index in [-0.39, 0.29) is 11.7 Å². The van der Waals surface area contributed by atoms with E-state index in [1.807, 2.05) is 0 Å². The maximum Gasteiger partial charge on any atom is 0.242 e. The number of hydrogen-bond acceptors (Lipinski definition) is 2. The Kier molecular flexibility index (Phi) is 1.58. The third-order valence-corrected chi connectivity index (χ3v) is 2.34. The second kappa shape index (κ2) is 2.05. The quantitative estimate of drug-likeness (QED) is 0.455. The lowest BCUT2D eigenvalue weighted by atomic mass is 10.0. The molecule has 0 bridgehead atoms. The van der Waals surface area contributed by atoms with Gasteiger partial charge in [0.2, 0.25) is 5.91 Å². The molecule has 0 aliphatic carbocycles. The minimum Gasteiger partial charge on any atom is -0.343 e. The van der Waals surface area contributed by atoms with Crippen molar-refractivity contribution < 1.29 is 9.59 Å². The van der Waals surface area contributed by atoms with Gasteiger partial charge in [-0.1, -0.05) is 15.9 Å². The molecule has 1 amide bonds. The van der Waals surface area contributed by atoms with Crippen molar-refractivity contribution in [3.8, 4) is 0 Å². The lowest BCUT2D eigenvalue weighted by Crippen LogP contribution is -2.39. The first-order valence-corrected chi connectivity index (χ1v) is 3.87. The number of carbonyl (C=O) groups excluding carboxylic acids is 2. The van der Waals surface area contributed by atoms with E-state index in [9.17, 15) is 9.59 Å². The Balaban J connectivity index is 2.92. The normalized spacial score (nSPS) is 30.5. The Bertz CT molecular complexity index is 200. The van der Waals surface area contributed by atoms with Gasteiger partial charge in [-0.2, -0.15) is 0 Å². The van der Waals surface area contributed by atoms with Crippen LogP contribution in [-0.4, -0.2) is 22.1 Å². The number of Topliss-reactive ketones (excluding diaryl/α,β-unsaturated/α-hetero) is 1. The molecule has 1 atom stereocenters. The Morgan fingerprint density at radius 2 is 2.00 bits per heavy atom. The first-order chi connectivity index (χ1) is 4.45. The van der Waals surface area contributed by atoms with Gasteiger partial charge >= 0.3 is 0 Å². The molecule has 1 saturated heterocycles. The van der Waals surface area contributed by atoms with Gasteiger partial charge in [0.15, 0.2) is 10.6 Å². The minimum absolute atomic E-state index is 0.0995. The molecule has 4 heteroatoms. The SMILES string of the molecule is CC1(C)NC(=O)C(Br)C1=O. The molecule has 0 aromatic heterocycles. The predicted octanol–water partition coefficient (Wildman–Crippen LogP) is 0.227. The van der Waals surface area contributed by atoms with E-state index in [2.05, 4.69) is 21.2 Å². The van der Waals surface area contributed by atoms with Crippen molar-refractivity contribution in [2.45, 2.75) is 24.2 Å². The molecule has 56 valence electrons. The first-order valence-electron chi connectivity index (χ1n) is 2.95. The van der Waals surface area contributed by atoms with Crippen LogP contribution in [0.5, 0.6) is 0 Å². The zero-order valence-electron chi connectivity index (χ0n) is 5.77. The third kappa shape index (κ3) is 0.963. The molecule has 3 nitrogen and oxygen atoms in total. The van der Waals surface area contributed by atoms with Crippen LogP contribution in [0.25, 0.3) is 0 Å². The Hall–Kier alpha value is -0.380. The van der Waals surface area contributed by atoms with Crippen LogP contribution >= 0.6 is 15.9 Å². The van der Waals surface area contributed by atoms with Gasteiger partial charge in [-0.05, 0) is 13.8 Å². The van der Waals surface area contributed by atoms with Crippen molar-refractivity contribution in [3.05, 3.63) is 0 Å². The van der Waals surface area contributed by atoms with Crippen molar-refractivity contribution in [3.63, 3.8) is 0 Å². The summed E-state index contributed by atoms with van der Waals surface area (Å²) in [4.78, 5) is 21.3. The Labute approximate surface area is 67.3 Å². The fourth-order valence-corrected chi connectivity index (χ4v) is 1.56. The van der Waals surface area contributed by atoms with Crippen molar-refractivity contribution in [1.29, 1.82) is 0 Å². The first kappa shape index (κ1) is 7.72. The highest BCUT2D eigenvalue weighted by Gasteiger charge is 2.44. The third-order valence-electron chi connectivity index (χ3n) is 1.51. The summed E-state index contributed by atoms with van der Waals surface area (Å²) >= 11 is 2.98. The van der Waals surface area contributed by atoms with E-state index in [1.165, 1.54) is 0 Å². The average molecular weight is 206 g/mol. The number of rotatable bonds is 0. The number of amides is 1. The maximum absolute atomic E-state index is 11.1. The summed E-state index contributed by atoms with van der Waals surface area (Å²) in [6.45, 7) is 3.38. The molecule has 1 aliphatic rings. The van der Waals surface area contributed by atoms with E-state index in [0.717, 1.165) is 0 Å². The van der Waals surface area contributed by atoms with Gasteiger partial charge in [0, 0.05) is 0 Å². The molecule has 10 heavy (non-hydrogen) atoms. The molecule has 1 rings (SSSR count). The van der Waals surface area contributed by atoms with Crippen LogP contribution in [0.1, 0.15) is 13.8 Å². The van der Waals surface area contributed by atoms with Crippen LogP contribution in [0.2, 0.25) is 0 Å². The number of carbonyl (C=O) groups is 2. The Morgan fingerprint density at radius 1 is 1.50 bits per heavy atom. The molecule has 1 aliphatic heterocycles. The molecule has 0 aromatic rings. The van der Waals surface area contributed by atoms with Gasteiger partial charge < -0.3 is 5.32 Å². The van der Waals surface area contributed by atoms with Crippen LogP contribution in [0.15, 0.2) is 0 Å². The van der Waals surface area contributed by atoms with E-state index >= 15 is 0 Å². The summed E-state index contributed by atoms with van der Waals surface area (Å²) in [6.07, 6.45) is 0. The number of alkyl halides is 1. The van der Waals surface area contributed by atoms with E-state index in [4.69, 9.17) is 0 Å². The van der Waals surface area contributed by atoms with Crippen LogP contribution in [0, 0.1) is 0 Å². The maximum atomic E-state index is 11.1. The largest absolute Gasteiger partial charge is 0.343 e. The van der Waals surface area contributed by atoms with Gasteiger partial charge in [0.25, 0.3) is 0 Å². The van der Waals surface area contributed by atoms with Gasteiger partial charge in [-0.3, -0.25) is 9.59 Å². The highest BCUT2D eigenvalue weighted by molar-refractivity contribution is 9.10. The second-order valence-electron chi connectivity index (χ2n) is 2.84. The number of hydrogen-bond donors (Lipinski definition) is 1. The summed E-state index contributed by atoms with van der Waals surface area (Å²) < 4.78 is 0. The Morgan fingerprint density at radius 3 is 2.10 bits per heavy atom. The number of halogens is 1. The molecule has 1 unspecified atom stereocenters. The van der Waals surface area contributed by atoms with Gasteiger partial charge in [-0.15, -0.1) is 0 Å². The van der Waals surface area contributed by atoms with E-state index in [0.29, 0.717) is 0 Å². The fourth-order valence-electron chi connectivity index (χ4n) is 0.869. The van der Waals surface area contributed by atoms with Gasteiger partial charge in [0.1, 0.15) is 0 Å². The summed E-state index contributed by atoms with van der Waals surface area (Å²) in [7, 11) is 0. The molecule has 1 fully saturated rings. The molecule has 1 N–H and O–H groups in total. The summed E-state index contributed by atoms with van der Waals surface area (Å²) in [5, 5.41) is 2.56. The molecular weight excluding hydrogens is 198 g/mol. The molecule has 0 saturated carbocycles. The average Bonchev–Trinajstić information content (AvgIpc) is 1.95. The molecular formula is C6H8BrNO2. The topological polar surface area (TPSA) is 46.2 Å². The summed E-state index contributed by atoms with van der Waals surface area (Å²) in [6, 6.07) is 0. The summed E-state index contributed by atoms with van der Waals surface area (Å²) in [5.41, 5.74) is -0.689. The minimum atomic E-state index is -0.689. The number of nitrogens with one attached hydrogen (secondary N) is 1. The predicted molar refractivity (Wildman–Crippen MR) is 39.9 cm³/mol. The molecule has 0 radical (unpaired) electrons. The van der Waals surface area contributed by atoms with Crippen LogP contribution in [0.3, 0.4) is 0 Å². The van der Waals surface area contributed by atoms with E-state index in [1.54, 1.807) is 13.8 Å². The van der Waals surface area contributed by atoms with Crippen LogP contribution in [0.4, 0.5) is 0 Å². The molecule has 1 heterocycles. The highest BCUT2D eigenvalue weighted by Crippen LogP contribution is 2.20. The van der Waals surface area contributed by atoms with Crippen molar-refractivity contribution in [1.82, 2.24) is 5.32 Å².